The van der Waals surface area contributed by atoms with Crippen LogP contribution in [-0.4, -0.2) is 31.1 Å². The zero-order chi connectivity index (χ0) is 15.2. The van der Waals surface area contributed by atoms with Gasteiger partial charge in [-0.05, 0) is 60.4 Å². The number of amides is 1. The van der Waals surface area contributed by atoms with E-state index in [9.17, 15) is 9.59 Å². The number of halogens is 1. The maximum absolute atomic E-state index is 12.2. The van der Waals surface area contributed by atoms with Gasteiger partial charge >= 0.3 is 5.97 Å². The smallest absolute Gasteiger partial charge is 0.338 e. The number of carbonyl (C=O) groups excluding carboxylic acids is 2. The van der Waals surface area contributed by atoms with Gasteiger partial charge in [0, 0.05) is 4.47 Å². The minimum atomic E-state index is -0.370. The fraction of sp³-hybridized carbons (Fsp3) is 0.467. The molecule has 1 amide bonds. The molecule has 2 rings (SSSR count). The fourth-order valence-corrected chi connectivity index (χ4v) is 2.73. The Labute approximate surface area is 132 Å². The van der Waals surface area contributed by atoms with E-state index in [4.69, 9.17) is 4.74 Å². The highest BCUT2D eigenvalue weighted by atomic mass is 79.9. The SMILES string of the molecule is CCOC(=O)c1ccc(NC(=O)[C@@H]2CCCCN2)c(Br)c1. The molecule has 2 N–H and O–H groups in total. The molecule has 1 fully saturated rings. The van der Waals surface area contributed by atoms with Gasteiger partial charge in [0.05, 0.1) is 23.9 Å². The van der Waals surface area contributed by atoms with Crippen molar-refractivity contribution in [2.75, 3.05) is 18.5 Å². The lowest BCUT2D eigenvalue weighted by atomic mass is 10.0. The summed E-state index contributed by atoms with van der Waals surface area (Å²) in [5.41, 5.74) is 1.11. The number of anilines is 1. The average Bonchev–Trinajstić information content (AvgIpc) is 2.50. The number of hydrogen-bond acceptors (Lipinski definition) is 4. The van der Waals surface area contributed by atoms with Gasteiger partial charge in [-0.25, -0.2) is 4.79 Å². The van der Waals surface area contributed by atoms with Crippen LogP contribution in [0.5, 0.6) is 0 Å². The molecule has 0 saturated carbocycles. The summed E-state index contributed by atoms with van der Waals surface area (Å²) in [6.45, 7) is 2.97. The standard InChI is InChI=1S/C15H19BrN2O3/c1-2-21-15(20)10-6-7-12(11(16)9-10)18-14(19)13-5-3-4-8-17-13/h6-7,9,13,17H,2-5,8H2,1H3,(H,18,19)/t13-/m0/s1. The molecule has 0 aromatic heterocycles. The van der Waals surface area contributed by atoms with Crippen molar-refractivity contribution in [1.82, 2.24) is 5.32 Å². The summed E-state index contributed by atoms with van der Waals surface area (Å²) in [6.07, 6.45) is 3.03. The normalized spacial score (nSPS) is 18.1. The number of benzene rings is 1. The third kappa shape index (κ3) is 4.28. The van der Waals surface area contributed by atoms with Crippen LogP contribution in [0.4, 0.5) is 5.69 Å². The first-order valence-corrected chi connectivity index (χ1v) is 7.92. The average molecular weight is 355 g/mol. The van der Waals surface area contributed by atoms with E-state index in [0.29, 0.717) is 22.3 Å². The predicted octanol–water partition coefficient (Wildman–Crippen LogP) is 2.71. The number of rotatable bonds is 4. The van der Waals surface area contributed by atoms with Gasteiger partial charge in [0.15, 0.2) is 0 Å². The van der Waals surface area contributed by atoms with Crippen molar-refractivity contribution < 1.29 is 14.3 Å². The fourth-order valence-electron chi connectivity index (χ4n) is 2.25. The molecule has 1 atom stereocenters. The van der Waals surface area contributed by atoms with Crippen LogP contribution in [0.1, 0.15) is 36.5 Å². The third-order valence-corrected chi connectivity index (χ3v) is 4.02. The summed E-state index contributed by atoms with van der Waals surface area (Å²) in [5.74, 6) is -0.413. The Balaban J connectivity index is 2.03. The Kier molecular flexibility index (Phi) is 5.76. The molecule has 1 heterocycles. The van der Waals surface area contributed by atoms with Crippen molar-refractivity contribution in [2.24, 2.45) is 0 Å². The van der Waals surface area contributed by atoms with E-state index in [2.05, 4.69) is 26.6 Å². The lowest BCUT2D eigenvalue weighted by molar-refractivity contribution is -0.118. The first-order chi connectivity index (χ1) is 10.1. The zero-order valence-corrected chi connectivity index (χ0v) is 13.5. The Hall–Kier alpha value is -1.40. The number of ether oxygens (including phenoxy) is 1. The third-order valence-electron chi connectivity index (χ3n) is 3.36. The number of piperidine rings is 1. The van der Waals surface area contributed by atoms with Crippen molar-refractivity contribution in [3.63, 3.8) is 0 Å². The molecule has 0 unspecified atom stereocenters. The second-order valence-electron chi connectivity index (χ2n) is 4.91. The van der Waals surface area contributed by atoms with Crippen molar-refractivity contribution in [3.05, 3.63) is 28.2 Å². The van der Waals surface area contributed by atoms with Crippen LogP contribution in [0.25, 0.3) is 0 Å². The van der Waals surface area contributed by atoms with Crippen molar-refractivity contribution in [2.45, 2.75) is 32.2 Å². The Morgan fingerprint density at radius 2 is 2.24 bits per heavy atom. The van der Waals surface area contributed by atoms with Crippen LogP contribution in [0.15, 0.2) is 22.7 Å². The molecule has 0 spiro atoms. The van der Waals surface area contributed by atoms with Crippen LogP contribution in [0.3, 0.4) is 0 Å². The lowest BCUT2D eigenvalue weighted by Crippen LogP contribution is -2.43. The van der Waals surface area contributed by atoms with Gasteiger partial charge in [0.25, 0.3) is 0 Å². The summed E-state index contributed by atoms with van der Waals surface area (Å²) >= 11 is 3.38. The molecule has 21 heavy (non-hydrogen) atoms. The van der Waals surface area contributed by atoms with Gasteiger partial charge in [0.1, 0.15) is 0 Å². The molecular weight excluding hydrogens is 336 g/mol. The summed E-state index contributed by atoms with van der Waals surface area (Å²) in [4.78, 5) is 23.8. The van der Waals surface area contributed by atoms with Gasteiger partial charge in [-0.15, -0.1) is 0 Å². The highest BCUT2D eigenvalue weighted by Crippen LogP contribution is 2.24. The second-order valence-corrected chi connectivity index (χ2v) is 5.76. The van der Waals surface area contributed by atoms with Crippen LogP contribution >= 0.6 is 15.9 Å². The van der Waals surface area contributed by atoms with E-state index in [1.54, 1.807) is 25.1 Å². The van der Waals surface area contributed by atoms with Crippen molar-refractivity contribution in [1.29, 1.82) is 0 Å². The first kappa shape index (κ1) is 16.0. The molecule has 0 aliphatic carbocycles. The molecule has 1 aliphatic rings. The van der Waals surface area contributed by atoms with E-state index in [1.807, 2.05) is 0 Å². The number of hydrogen-bond donors (Lipinski definition) is 2. The summed E-state index contributed by atoms with van der Waals surface area (Å²) < 4.78 is 5.61. The topological polar surface area (TPSA) is 67.4 Å². The monoisotopic (exact) mass is 354 g/mol. The van der Waals surface area contributed by atoms with Crippen molar-refractivity contribution >= 4 is 33.5 Å². The largest absolute Gasteiger partial charge is 0.462 e. The molecule has 1 aromatic carbocycles. The predicted molar refractivity (Wildman–Crippen MR) is 84.4 cm³/mol. The minimum absolute atomic E-state index is 0.0423. The summed E-state index contributed by atoms with van der Waals surface area (Å²) in [5, 5.41) is 6.08. The molecule has 1 aliphatic heterocycles. The number of esters is 1. The maximum atomic E-state index is 12.2. The van der Waals surface area contributed by atoms with Gasteiger partial charge in [0.2, 0.25) is 5.91 Å². The molecule has 114 valence electrons. The van der Waals surface area contributed by atoms with Crippen molar-refractivity contribution in [3.8, 4) is 0 Å². The molecule has 1 aromatic rings. The van der Waals surface area contributed by atoms with E-state index in [-0.39, 0.29) is 17.9 Å². The first-order valence-electron chi connectivity index (χ1n) is 7.12. The van der Waals surface area contributed by atoms with E-state index in [0.717, 1.165) is 25.8 Å². The Morgan fingerprint density at radius 1 is 1.43 bits per heavy atom. The number of nitrogens with one attached hydrogen (secondary N) is 2. The Bertz CT molecular complexity index is 528. The lowest BCUT2D eigenvalue weighted by Gasteiger charge is -2.22. The minimum Gasteiger partial charge on any atom is -0.462 e. The van der Waals surface area contributed by atoms with E-state index >= 15 is 0 Å². The molecule has 5 nitrogen and oxygen atoms in total. The van der Waals surface area contributed by atoms with Gasteiger partial charge in [-0.2, -0.15) is 0 Å². The summed E-state index contributed by atoms with van der Waals surface area (Å²) in [6, 6.07) is 4.86. The highest BCUT2D eigenvalue weighted by molar-refractivity contribution is 9.10. The van der Waals surface area contributed by atoms with Gasteiger partial charge in [-0.3, -0.25) is 4.79 Å². The van der Waals surface area contributed by atoms with Crippen LogP contribution < -0.4 is 10.6 Å². The maximum Gasteiger partial charge on any atom is 0.338 e. The quantitative estimate of drug-likeness (QED) is 0.815. The molecule has 0 radical (unpaired) electrons. The Morgan fingerprint density at radius 3 is 2.86 bits per heavy atom. The van der Waals surface area contributed by atoms with Crippen LogP contribution in [-0.2, 0) is 9.53 Å². The number of carbonyl (C=O) groups is 2. The summed E-state index contributed by atoms with van der Waals surface area (Å²) in [7, 11) is 0. The molecule has 6 heteroatoms. The zero-order valence-electron chi connectivity index (χ0n) is 11.9. The van der Waals surface area contributed by atoms with E-state index in [1.165, 1.54) is 0 Å². The molecule has 1 saturated heterocycles. The van der Waals surface area contributed by atoms with E-state index < -0.39 is 0 Å². The van der Waals surface area contributed by atoms with Gasteiger partial charge < -0.3 is 15.4 Å². The van der Waals surface area contributed by atoms with Gasteiger partial charge in [-0.1, -0.05) is 6.42 Å². The molecular formula is C15H19BrN2O3. The van der Waals surface area contributed by atoms with Crippen LogP contribution in [0, 0.1) is 0 Å². The molecule has 0 bridgehead atoms. The van der Waals surface area contributed by atoms with Crippen LogP contribution in [0.2, 0.25) is 0 Å². The second kappa shape index (κ2) is 7.56. The highest BCUT2D eigenvalue weighted by Gasteiger charge is 2.21.